The fourth-order valence-corrected chi connectivity index (χ4v) is 5.12. The summed E-state index contributed by atoms with van der Waals surface area (Å²) in [6, 6.07) is 2.32. The summed E-state index contributed by atoms with van der Waals surface area (Å²) in [7, 11) is 0. The summed E-state index contributed by atoms with van der Waals surface area (Å²) in [6.45, 7) is -1.27. The van der Waals surface area contributed by atoms with Crippen LogP contribution in [0.25, 0.3) is 5.52 Å². The summed E-state index contributed by atoms with van der Waals surface area (Å²) >= 11 is 0. The van der Waals surface area contributed by atoms with E-state index in [0.717, 1.165) is 25.3 Å². The Morgan fingerprint density at radius 3 is 2.60 bits per heavy atom. The largest absolute Gasteiger partial charge is 0.522 e. The van der Waals surface area contributed by atoms with E-state index >= 15 is 4.39 Å². The van der Waals surface area contributed by atoms with E-state index in [1.54, 1.807) is 0 Å². The molecule has 11 nitrogen and oxygen atoms in total. The predicted octanol–water partition coefficient (Wildman–Crippen LogP) is 4.31. The maximum absolute atomic E-state index is 15.1. The van der Waals surface area contributed by atoms with Crippen molar-refractivity contribution in [3.05, 3.63) is 35.4 Å². The van der Waals surface area contributed by atoms with Crippen molar-refractivity contribution in [3.8, 4) is 0 Å². The number of hydrogen-bond acceptors (Lipinski definition) is 8. The van der Waals surface area contributed by atoms with Gasteiger partial charge in [-0.3, -0.25) is 9.84 Å². The number of aromatic amines is 1. The molecule has 4 fully saturated rings. The Bertz CT molecular complexity index is 1420. The van der Waals surface area contributed by atoms with Gasteiger partial charge in [-0.05, 0) is 31.2 Å². The maximum Gasteiger partial charge on any atom is 0.522 e. The Balaban J connectivity index is 1.16. The number of ether oxygens (including phenoxy) is 3. The Labute approximate surface area is 219 Å². The molecule has 3 aromatic heterocycles. The summed E-state index contributed by atoms with van der Waals surface area (Å²) in [4.78, 5) is 15.7. The number of aromatic nitrogens is 5. The number of halogens is 7. The van der Waals surface area contributed by atoms with Crippen molar-refractivity contribution in [1.82, 2.24) is 30.1 Å². The van der Waals surface area contributed by atoms with Crippen LogP contribution < -0.4 is 10.6 Å². The minimum atomic E-state index is -4.97. The molecule has 3 saturated carbocycles. The molecule has 4 aliphatic rings. The van der Waals surface area contributed by atoms with E-state index in [4.69, 9.17) is 9.47 Å². The van der Waals surface area contributed by atoms with E-state index in [0.29, 0.717) is 16.6 Å². The quantitative estimate of drug-likeness (QED) is 0.354. The Morgan fingerprint density at radius 2 is 1.95 bits per heavy atom. The predicted molar refractivity (Wildman–Crippen MR) is 118 cm³/mol. The molecule has 1 amide bonds. The van der Waals surface area contributed by atoms with Crippen LogP contribution in [-0.2, 0) is 27.0 Å². The van der Waals surface area contributed by atoms with Gasteiger partial charge >= 0.3 is 18.6 Å². The second kappa shape index (κ2) is 9.18. The third-order valence-corrected chi connectivity index (χ3v) is 7.08. The number of hydrogen-bond donors (Lipinski definition) is 3. The van der Waals surface area contributed by atoms with Crippen molar-refractivity contribution < 1.29 is 49.7 Å². The van der Waals surface area contributed by atoms with Gasteiger partial charge in [-0.2, -0.15) is 23.4 Å². The molecule has 7 rings (SSSR count). The number of anilines is 2. The minimum Gasteiger partial charge on any atom is -0.441 e. The average Bonchev–Trinajstić information content (AvgIpc) is 3.52. The van der Waals surface area contributed by atoms with Crippen molar-refractivity contribution in [1.29, 1.82) is 0 Å². The fraction of sp³-hybridized carbons (Fsp3) is 0.545. The lowest BCUT2D eigenvalue weighted by Crippen LogP contribution is -2.68. The number of nitrogens with zero attached hydrogens (tertiary/aromatic N) is 4. The van der Waals surface area contributed by atoms with Gasteiger partial charge in [-0.25, -0.2) is 18.7 Å². The summed E-state index contributed by atoms with van der Waals surface area (Å²) < 4.78 is 108. The Morgan fingerprint density at radius 1 is 1.20 bits per heavy atom. The first-order valence-electron chi connectivity index (χ1n) is 12.0. The van der Waals surface area contributed by atoms with Gasteiger partial charge in [0.1, 0.15) is 18.2 Å². The van der Waals surface area contributed by atoms with Crippen LogP contribution in [0, 0.1) is 5.92 Å². The maximum atomic E-state index is 15.1. The normalized spacial score (nSPS) is 27.8. The molecule has 1 saturated heterocycles. The van der Waals surface area contributed by atoms with Crippen LogP contribution >= 0.6 is 0 Å². The van der Waals surface area contributed by atoms with E-state index in [1.807, 2.05) is 0 Å². The lowest BCUT2D eigenvalue weighted by Gasteiger charge is -2.61. The van der Waals surface area contributed by atoms with E-state index in [1.165, 1.54) is 6.07 Å². The van der Waals surface area contributed by atoms with Gasteiger partial charge in [-0.1, -0.05) is 0 Å². The lowest BCUT2D eigenvalue weighted by molar-refractivity contribution is -0.330. The number of alkyl halides is 7. The van der Waals surface area contributed by atoms with E-state index < -0.39 is 55.1 Å². The standard InChI is InChI=1S/C22H20F7N7O4/c23-16-13(40-19(37)32-20-3-9(4-20)5-20)8-38-17(16)11-2-15(34-33-11)31-18-12-1-10(7-39-22(27,28)29)35-36(12)6-14(30-18)21(24,25)26/h1-2,6,9,13,16-17H,3-5,7-8H2,(H,32,37)(H2,30,31,33,34)/t9?,13-,16+,17-,20?/m0/s1. The zero-order chi connectivity index (χ0) is 28.4. The molecule has 2 bridgehead atoms. The molecule has 40 heavy (non-hydrogen) atoms. The number of rotatable bonds is 7. The number of H-pyrrole nitrogens is 1. The van der Waals surface area contributed by atoms with Crippen molar-refractivity contribution >= 4 is 23.2 Å². The number of carbonyl (C=O) groups excluding carboxylic acids is 1. The Kier molecular flexibility index (Phi) is 6.10. The summed E-state index contributed by atoms with van der Waals surface area (Å²) in [6.07, 6.45) is -11.6. The molecule has 3 N–H and O–H groups in total. The van der Waals surface area contributed by atoms with Crippen LogP contribution in [0.2, 0.25) is 0 Å². The number of fused-ring (bicyclic) bond motifs is 1. The highest BCUT2D eigenvalue weighted by Gasteiger charge is 2.58. The summed E-state index contributed by atoms with van der Waals surface area (Å²) in [5.74, 6) is 0.0899. The van der Waals surface area contributed by atoms with Crippen molar-refractivity contribution in [2.45, 2.75) is 62.3 Å². The van der Waals surface area contributed by atoms with Gasteiger partial charge in [0, 0.05) is 11.6 Å². The molecule has 0 spiro atoms. The third-order valence-electron chi connectivity index (χ3n) is 7.08. The topological polar surface area (TPSA) is 128 Å². The molecule has 0 radical (unpaired) electrons. The highest BCUT2D eigenvalue weighted by Crippen LogP contribution is 2.57. The first-order valence-corrected chi connectivity index (χ1v) is 12.0. The number of alkyl carbamates (subject to hydrolysis) is 1. The van der Waals surface area contributed by atoms with Crippen LogP contribution in [0.3, 0.4) is 0 Å². The van der Waals surface area contributed by atoms with Crippen LogP contribution in [0.15, 0.2) is 18.3 Å². The summed E-state index contributed by atoms with van der Waals surface area (Å²) in [5.41, 5.74) is -1.96. The average molecular weight is 579 g/mol. The van der Waals surface area contributed by atoms with Crippen molar-refractivity contribution in [2.24, 2.45) is 5.92 Å². The molecule has 0 unspecified atom stereocenters. The number of amides is 1. The van der Waals surface area contributed by atoms with Crippen LogP contribution in [0.1, 0.15) is 42.4 Å². The molecule has 0 aromatic carbocycles. The molecule has 18 heteroatoms. The zero-order valence-electron chi connectivity index (χ0n) is 20.1. The highest BCUT2D eigenvalue weighted by atomic mass is 19.4. The molecular formula is C22H20F7N7O4. The number of nitrogens with one attached hydrogen (secondary N) is 3. The van der Waals surface area contributed by atoms with E-state index in [2.05, 4.69) is 35.7 Å². The summed E-state index contributed by atoms with van der Waals surface area (Å²) in [5, 5.41) is 15.4. The third kappa shape index (κ3) is 5.12. The molecule has 3 aliphatic carbocycles. The second-order valence-corrected chi connectivity index (χ2v) is 10.0. The van der Waals surface area contributed by atoms with Crippen molar-refractivity contribution in [2.75, 3.05) is 11.9 Å². The molecule has 1 aliphatic heterocycles. The molecule has 216 valence electrons. The number of carbonyl (C=O) groups is 1. The highest BCUT2D eigenvalue weighted by molar-refractivity contribution is 5.73. The first-order chi connectivity index (χ1) is 18.8. The minimum absolute atomic E-state index is 0.0942. The van der Waals surface area contributed by atoms with E-state index in [9.17, 15) is 31.1 Å². The Hall–Kier alpha value is -3.67. The lowest BCUT2D eigenvalue weighted by atomic mass is 9.50. The van der Waals surface area contributed by atoms with E-state index in [-0.39, 0.29) is 34.9 Å². The van der Waals surface area contributed by atoms with Crippen LogP contribution in [0.4, 0.5) is 47.2 Å². The van der Waals surface area contributed by atoms with Gasteiger partial charge in [0.2, 0.25) is 0 Å². The van der Waals surface area contributed by atoms with Crippen LogP contribution in [-0.4, -0.2) is 61.7 Å². The first kappa shape index (κ1) is 26.5. The zero-order valence-corrected chi connectivity index (χ0v) is 20.1. The van der Waals surface area contributed by atoms with Gasteiger partial charge in [0.25, 0.3) is 0 Å². The smallest absolute Gasteiger partial charge is 0.441 e. The van der Waals surface area contributed by atoms with Gasteiger partial charge in [0.05, 0.1) is 24.2 Å². The van der Waals surface area contributed by atoms with Gasteiger partial charge in [0.15, 0.2) is 29.6 Å². The van der Waals surface area contributed by atoms with Gasteiger partial charge < -0.3 is 20.1 Å². The monoisotopic (exact) mass is 579 g/mol. The second-order valence-electron chi connectivity index (χ2n) is 10.0. The fourth-order valence-electron chi connectivity index (χ4n) is 5.12. The molecule has 3 aromatic rings. The van der Waals surface area contributed by atoms with Gasteiger partial charge in [-0.15, -0.1) is 13.2 Å². The van der Waals surface area contributed by atoms with Crippen LogP contribution in [0.5, 0.6) is 0 Å². The van der Waals surface area contributed by atoms with Crippen molar-refractivity contribution in [3.63, 3.8) is 0 Å². The SMILES string of the molecule is O=C(NC12CC(C1)C2)O[C@H]1CO[C@@H](c2cc(Nc3nc(C(F)(F)F)cn4nc(COC(F)(F)F)cc34)n[nH]2)[C@@H]1F. The molecular weight excluding hydrogens is 559 g/mol. The molecule has 3 atom stereocenters. The molecule has 4 heterocycles.